The van der Waals surface area contributed by atoms with Gasteiger partial charge in [-0.05, 0) is 0 Å². The van der Waals surface area contributed by atoms with Crippen molar-refractivity contribution in [2.45, 2.75) is 11.7 Å². The summed E-state index contributed by atoms with van der Waals surface area (Å²) in [5, 5.41) is 0. The Balaban J connectivity index is 3.02. The van der Waals surface area contributed by atoms with E-state index in [4.69, 9.17) is 0 Å². The molecule has 0 fully saturated rings. The molecule has 0 rings (SSSR count). The van der Waals surface area contributed by atoms with Gasteiger partial charge in [0.1, 0.15) is 13.8 Å². The quantitative estimate of drug-likeness (QED) is 0.335. The Morgan fingerprint density at radius 2 is 1.60 bits per heavy atom. The predicted molar refractivity (Wildman–Crippen MR) is 28.1 cm³/mol. The van der Waals surface area contributed by atoms with Crippen molar-refractivity contribution in [3.05, 3.63) is 13.8 Å². The van der Waals surface area contributed by atoms with Gasteiger partial charge in [0.25, 0.3) is 4.75 Å². The van der Waals surface area contributed by atoms with Gasteiger partial charge in [0.15, 0.2) is 0 Å². The number of rotatable bonds is 0. The van der Waals surface area contributed by atoms with Crippen LogP contribution in [-0.2, 0) is 0 Å². The van der Waals surface area contributed by atoms with Gasteiger partial charge < -0.3 is 0 Å². The molecular formula is C4H8S+2. The molecule has 0 aromatic heterocycles. The third-order valence-electron chi connectivity index (χ3n) is 0. The van der Waals surface area contributed by atoms with Crippen LogP contribution in [0.15, 0.2) is 0 Å². The van der Waals surface area contributed by atoms with Crippen LogP contribution in [0.25, 0.3) is 0 Å². The zero-order chi connectivity index (χ0) is 4.50. The highest BCUT2D eigenvalue weighted by molar-refractivity contribution is 7.82. The molecule has 0 nitrogen and oxygen atoms in total. The van der Waals surface area contributed by atoms with Gasteiger partial charge in [0.2, 0.25) is 0 Å². The van der Waals surface area contributed by atoms with Crippen LogP contribution in [0.5, 0.6) is 0 Å². The van der Waals surface area contributed by atoms with E-state index in [-0.39, 0.29) is 4.75 Å². The van der Waals surface area contributed by atoms with Crippen LogP contribution in [0.2, 0.25) is 0 Å². The van der Waals surface area contributed by atoms with E-state index in [9.17, 15) is 0 Å². The van der Waals surface area contributed by atoms with Gasteiger partial charge >= 0.3 is 0 Å². The molecule has 28 valence electrons. The Morgan fingerprint density at radius 3 is 1.60 bits per heavy atom. The van der Waals surface area contributed by atoms with Crippen molar-refractivity contribution in [1.29, 1.82) is 0 Å². The van der Waals surface area contributed by atoms with E-state index < -0.39 is 0 Å². The Kier molecular flexibility index (Phi) is 1.07. The van der Waals surface area contributed by atoms with Crippen LogP contribution in [0, 0.1) is 13.8 Å². The molecule has 0 unspecified atom stereocenters. The first kappa shape index (κ1) is 5.09. The van der Waals surface area contributed by atoms with Crippen molar-refractivity contribution in [2.75, 3.05) is 0 Å². The zero-order valence-corrected chi connectivity index (χ0v) is 4.26. The van der Waals surface area contributed by atoms with Gasteiger partial charge in [-0.1, -0.05) is 12.6 Å². The van der Waals surface area contributed by atoms with E-state index in [0.29, 0.717) is 0 Å². The topological polar surface area (TPSA) is 0 Å². The summed E-state index contributed by atoms with van der Waals surface area (Å²) in [4.78, 5) is 0. The van der Waals surface area contributed by atoms with E-state index >= 15 is 0 Å². The van der Waals surface area contributed by atoms with Gasteiger partial charge in [0.05, 0.1) is 0 Å². The lowest BCUT2D eigenvalue weighted by atomic mass is 10.3. The minimum absolute atomic E-state index is 0.306. The minimum atomic E-state index is -0.306. The molecule has 1 heteroatoms. The number of hydrogen-bond donors (Lipinski definition) is 1. The van der Waals surface area contributed by atoms with Crippen molar-refractivity contribution in [1.82, 2.24) is 0 Å². The maximum Gasteiger partial charge on any atom is 0.270 e. The summed E-state index contributed by atoms with van der Waals surface area (Å²) >= 11 is 3.90. The van der Waals surface area contributed by atoms with Crippen LogP contribution >= 0.6 is 12.6 Å². The summed E-state index contributed by atoms with van der Waals surface area (Å²) in [7, 11) is 0. The summed E-state index contributed by atoms with van der Waals surface area (Å²) in [5.41, 5.74) is 0. The average molecular weight is 88.2 g/mol. The van der Waals surface area contributed by atoms with Gasteiger partial charge in [0, 0.05) is 6.92 Å². The molecule has 0 heterocycles. The summed E-state index contributed by atoms with van der Waals surface area (Å²) in [5.74, 6) is 0. The summed E-state index contributed by atoms with van der Waals surface area (Å²) < 4.78 is -0.306. The number of thiol groups is 1. The molecule has 0 aliphatic carbocycles. The minimum Gasteiger partial charge on any atom is -0.0757 e. The van der Waals surface area contributed by atoms with Gasteiger partial charge in [-0.3, -0.25) is 0 Å². The van der Waals surface area contributed by atoms with Crippen LogP contribution in [0.1, 0.15) is 6.92 Å². The molecule has 0 aliphatic heterocycles. The number of hydrogen-bond acceptors (Lipinski definition) is 1. The predicted octanol–water partition coefficient (Wildman–Crippen LogP) is 1.34. The first-order valence-electron chi connectivity index (χ1n) is 1.43. The SMILES string of the molecule is [CH2+]C([CH2+])(C)S. The van der Waals surface area contributed by atoms with Crippen molar-refractivity contribution in [3.63, 3.8) is 0 Å². The first-order valence-corrected chi connectivity index (χ1v) is 1.88. The van der Waals surface area contributed by atoms with E-state index in [2.05, 4.69) is 26.5 Å². The van der Waals surface area contributed by atoms with Crippen molar-refractivity contribution in [2.24, 2.45) is 0 Å². The summed E-state index contributed by atoms with van der Waals surface area (Å²) in [6, 6.07) is 0. The first-order chi connectivity index (χ1) is 2.00. The third-order valence-corrected chi connectivity index (χ3v) is 0. The van der Waals surface area contributed by atoms with Crippen LogP contribution in [0.3, 0.4) is 0 Å². The average Bonchev–Trinajstić information content (AvgIpc) is 0.722. The fourth-order valence-corrected chi connectivity index (χ4v) is 0. The molecule has 0 amide bonds. The van der Waals surface area contributed by atoms with Crippen molar-refractivity contribution in [3.8, 4) is 0 Å². The monoisotopic (exact) mass is 88.0 g/mol. The maximum absolute atomic E-state index is 3.90. The van der Waals surface area contributed by atoms with Gasteiger partial charge in [-0.2, -0.15) is 0 Å². The Morgan fingerprint density at radius 1 is 1.60 bits per heavy atom. The Bertz CT molecular complexity index is 19.1. The van der Waals surface area contributed by atoms with Gasteiger partial charge in [-0.25, -0.2) is 0 Å². The normalized spacial score (nSPS) is 11.6. The second kappa shape index (κ2) is 1.05. The van der Waals surface area contributed by atoms with Crippen molar-refractivity contribution >= 4 is 12.6 Å². The lowest BCUT2D eigenvalue weighted by molar-refractivity contribution is 1.01. The molecule has 0 saturated carbocycles. The maximum atomic E-state index is 3.90. The van der Waals surface area contributed by atoms with E-state index in [1.54, 1.807) is 0 Å². The third kappa shape index (κ3) is 2210. The van der Waals surface area contributed by atoms with Crippen molar-refractivity contribution < 1.29 is 0 Å². The molecule has 0 bridgehead atoms. The van der Waals surface area contributed by atoms with Gasteiger partial charge in [-0.15, -0.1) is 0 Å². The molecule has 0 N–H and O–H groups in total. The Labute approximate surface area is 39.0 Å². The van der Waals surface area contributed by atoms with Crippen LogP contribution in [0.4, 0.5) is 0 Å². The van der Waals surface area contributed by atoms with E-state index in [1.165, 1.54) is 0 Å². The second-order valence-corrected chi connectivity index (χ2v) is 2.58. The molecule has 0 atom stereocenters. The fourth-order valence-electron chi connectivity index (χ4n) is 0. The molecule has 5 heavy (non-hydrogen) atoms. The zero-order valence-electron chi connectivity index (χ0n) is 3.36. The highest BCUT2D eigenvalue weighted by Gasteiger charge is 2.17. The molecule has 0 spiro atoms. The Hall–Kier alpha value is 0.0900. The molecule has 0 aromatic rings. The van der Waals surface area contributed by atoms with E-state index in [1.807, 2.05) is 6.92 Å². The smallest absolute Gasteiger partial charge is 0.0757 e. The van der Waals surface area contributed by atoms with Crippen LogP contribution < -0.4 is 0 Å². The lowest BCUT2D eigenvalue weighted by Gasteiger charge is -1.84. The lowest BCUT2D eigenvalue weighted by Crippen LogP contribution is -2.00. The second-order valence-electron chi connectivity index (χ2n) is 1.50. The molecule has 0 radical (unpaired) electrons. The summed E-state index contributed by atoms with van der Waals surface area (Å²) in [6.45, 7) is 8.88. The summed E-state index contributed by atoms with van der Waals surface area (Å²) in [6.07, 6.45) is 0. The molecular weight excluding hydrogens is 80.1 g/mol. The highest BCUT2D eigenvalue weighted by Crippen LogP contribution is 2.05. The molecule has 0 aliphatic rings. The largest absolute Gasteiger partial charge is 0.270 e. The molecule has 0 aromatic carbocycles. The standard InChI is InChI=1S/C4H7S/c1-4(2,3)5/h1-2H2,3H3/q+1/p+1. The molecule has 0 saturated heterocycles. The van der Waals surface area contributed by atoms with Crippen LogP contribution in [-0.4, -0.2) is 4.75 Å². The highest BCUT2D eigenvalue weighted by atomic mass is 32.1. The fraction of sp³-hybridized carbons (Fsp3) is 0.500. The van der Waals surface area contributed by atoms with E-state index in [0.717, 1.165) is 0 Å².